The van der Waals surface area contributed by atoms with Crippen LogP contribution in [0.4, 0.5) is 0 Å². The van der Waals surface area contributed by atoms with Gasteiger partial charge in [0.2, 0.25) is 0 Å². The Hall–Kier alpha value is 0. The van der Waals surface area contributed by atoms with Crippen molar-refractivity contribution >= 4 is 0 Å². The van der Waals surface area contributed by atoms with Crippen LogP contribution in [0.3, 0.4) is 0 Å². The minimum Gasteiger partial charge on any atom is -0.0776 e. The summed E-state index contributed by atoms with van der Waals surface area (Å²) >= 11 is 0. The average molecular weight is 247 g/mol. The fourth-order valence-electron chi connectivity index (χ4n) is 1.02. The fourth-order valence-corrected chi connectivity index (χ4v) is 1.02. The van der Waals surface area contributed by atoms with E-state index in [2.05, 4.69) is 62.3 Å². The van der Waals surface area contributed by atoms with Gasteiger partial charge in [-0.15, -0.1) is 0 Å². The third kappa shape index (κ3) is 21.8. The summed E-state index contributed by atoms with van der Waals surface area (Å²) in [5, 5.41) is 0. The van der Waals surface area contributed by atoms with E-state index in [1.807, 2.05) is 0 Å². The summed E-state index contributed by atoms with van der Waals surface area (Å²) in [6, 6.07) is 0. The van der Waals surface area contributed by atoms with Gasteiger partial charge in [0.15, 0.2) is 0 Å². The zero-order chi connectivity index (χ0) is 12.6. The molecule has 110 valence electrons. The molecule has 0 saturated heterocycles. The maximum atomic E-state index is 2.34. The normalized spacial score (nSPS) is 11.8. The van der Waals surface area contributed by atoms with Crippen LogP contribution in [-0.2, 0) is 0 Å². The predicted molar refractivity (Wildman–Crippen MR) is 86.6 cm³/mol. The van der Waals surface area contributed by atoms with Crippen molar-refractivity contribution in [2.45, 2.75) is 83.6 Å². The highest BCUT2D eigenvalue weighted by Crippen LogP contribution is 2.18. The van der Waals surface area contributed by atoms with E-state index >= 15 is 0 Å². The summed E-state index contributed by atoms with van der Waals surface area (Å²) in [7, 11) is 0. The maximum Gasteiger partial charge on any atom is -0.0417 e. The molecule has 0 aliphatic rings. The van der Waals surface area contributed by atoms with E-state index < -0.39 is 0 Å². The summed E-state index contributed by atoms with van der Waals surface area (Å²) < 4.78 is 0. The van der Waals surface area contributed by atoms with Gasteiger partial charge in [0.25, 0.3) is 0 Å². The topological polar surface area (TPSA) is 0 Å². The minimum atomic E-state index is 0. The first-order chi connectivity index (χ1) is 6.68. The molecule has 17 heavy (non-hydrogen) atoms. The third-order valence-electron chi connectivity index (χ3n) is 3.31. The van der Waals surface area contributed by atoms with E-state index in [0.717, 1.165) is 29.6 Å². The van der Waals surface area contributed by atoms with E-state index in [-0.39, 0.29) is 14.9 Å². The standard InChI is InChI=1S/C9H20.C6H14.2CH4/c1-7(2)6-9(5)8(3)4;1-5(2)6(3)4;;/h7-9H,6H2,1-5H3;5-6H,1-4H3;2*1H4. The van der Waals surface area contributed by atoms with Crippen LogP contribution >= 0.6 is 0 Å². The van der Waals surface area contributed by atoms with E-state index in [4.69, 9.17) is 0 Å². The molecular weight excluding hydrogens is 204 g/mol. The van der Waals surface area contributed by atoms with E-state index in [9.17, 15) is 0 Å². The molecular formula is C17H42. The van der Waals surface area contributed by atoms with Crippen molar-refractivity contribution in [3.8, 4) is 0 Å². The molecule has 0 amide bonds. The summed E-state index contributed by atoms with van der Waals surface area (Å²) in [5.41, 5.74) is 0. The zero-order valence-corrected chi connectivity index (χ0v) is 12.6. The van der Waals surface area contributed by atoms with E-state index in [1.165, 1.54) is 6.42 Å². The Labute approximate surface area is 114 Å². The minimum absolute atomic E-state index is 0. The van der Waals surface area contributed by atoms with Gasteiger partial charge in [-0.25, -0.2) is 0 Å². The maximum absolute atomic E-state index is 2.34. The molecule has 0 fully saturated rings. The van der Waals surface area contributed by atoms with Crippen molar-refractivity contribution in [3.63, 3.8) is 0 Å². The molecule has 0 nitrogen and oxygen atoms in total. The molecule has 0 aromatic rings. The van der Waals surface area contributed by atoms with Crippen LogP contribution in [0.25, 0.3) is 0 Å². The second-order valence-electron chi connectivity index (χ2n) is 6.34. The Morgan fingerprint density at radius 1 is 0.529 bits per heavy atom. The first-order valence-electron chi connectivity index (χ1n) is 6.68. The molecule has 0 N–H and O–H groups in total. The Balaban J connectivity index is -0.0000000945. The lowest BCUT2D eigenvalue weighted by atomic mass is 9.90. The highest BCUT2D eigenvalue weighted by molar-refractivity contribution is 4.58. The smallest absolute Gasteiger partial charge is 0.0417 e. The summed E-state index contributed by atoms with van der Waals surface area (Å²) in [4.78, 5) is 0. The van der Waals surface area contributed by atoms with Crippen LogP contribution in [0.2, 0.25) is 0 Å². The molecule has 0 heteroatoms. The molecule has 1 unspecified atom stereocenters. The van der Waals surface area contributed by atoms with Crippen LogP contribution in [0.15, 0.2) is 0 Å². The number of hydrogen-bond acceptors (Lipinski definition) is 0. The highest BCUT2D eigenvalue weighted by Gasteiger charge is 2.07. The van der Waals surface area contributed by atoms with Crippen molar-refractivity contribution in [1.82, 2.24) is 0 Å². The number of hydrogen-bond donors (Lipinski definition) is 0. The largest absolute Gasteiger partial charge is 0.0776 e. The van der Waals surface area contributed by atoms with Gasteiger partial charge in [-0.05, 0) is 36.0 Å². The van der Waals surface area contributed by atoms with Gasteiger partial charge < -0.3 is 0 Å². The number of rotatable bonds is 4. The van der Waals surface area contributed by atoms with Gasteiger partial charge in [0, 0.05) is 0 Å². The SMILES string of the molecule is C.C.CC(C)C(C)C.CC(C)CC(C)C(C)C. The lowest BCUT2D eigenvalue weighted by Gasteiger charge is -2.16. The van der Waals surface area contributed by atoms with Crippen LogP contribution in [0.5, 0.6) is 0 Å². The van der Waals surface area contributed by atoms with Crippen molar-refractivity contribution in [2.75, 3.05) is 0 Å². The molecule has 0 saturated carbocycles. The molecule has 0 aromatic heterocycles. The van der Waals surface area contributed by atoms with Gasteiger partial charge >= 0.3 is 0 Å². The second-order valence-corrected chi connectivity index (χ2v) is 6.34. The lowest BCUT2D eigenvalue weighted by Crippen LogP contribution is -2.06. The molecule has 0 aromatic carbocycles. The van der Waals surface area contributed by atoms with Gasteiger partial charge in [-0.2, -0.15) is 0 Å². The Bertz CT molecular complexity index is 114. The molecule has 0 heterocycles. The highest BCUT2D eigenvalue weighted by atomic mass is 14.1. The van der Waals surface area contributed by atoms with Crippen molar-refractivity contribution in [1.29, 1.82) is 0 Å². The Kier molecular flexibility index (Phi) is 21.3. The second kappa shape index (κ2) is 14.1. The van der Waals surface area contributed by atoms with E-state index in [1.54, 1.807) is 0 Å². The Morgan fingerprint density at radius 3 is 0.882 bits per heavy atom. The monoisotopic (exact) mass is 246 g/mol. The van der Waals surface area contributed by atoms with Crippen molar-refractivity contribution in [3.05, 3.63) is 0 Å². The third-order valence-corrected chi connectivity index (χ3v) is 3.31. The molecule has 0 radical (unpaired) electrons. The molecule has 1 atom stereocenters. The quantitative estimate of drug-likeness (QED) is 0.506. The molecule has 0 aliphatic heterocycles. The van der Waals surface area contributed by atoms with Crippen LogP contribution < -0.4 is 0 Å². The van der Waals surface area contributed by atoms with Crippen molar-refractivity contribution < 1.29 is 0 Å². The van der Waals surface area contributed by atoms with Gasteiger partial charge in [0.05, 0.1) is 0 Å². The predicted octanol–water partition coefficient (Wildman–Crippen LogP) is 6.90. The zero-order valence-electron chi connectivity index (χ0n) is 12.6. The molecule has 0 rings (SSSR count). The summed E-state index contributed by atoms with van der Waals surface area (Å²) in [5.74, 6) is 4.31. The molecule has 0 spiro atoms. The first kappa shape index (κ1) is 25.8. The molecule has 0 bridgehead atoms. The van der Waals surface area contributed by atoms with E-state index in [0.29, 0.717) is 0 Å². The van der Waals surface area contributed by atoms with Crippen LogP contribution in [0, 0.1) is 29.6 Å². The van der Waals surface area contributed by atoms with Crippen LogP contribution in [0.1, 0.15) is 83.6 Å². The van der Waals surface area contributed by atoms with Gasteiger partial charge in [0.1, 0.15) is 0 Å². The Morgan fingerprint density at radius 2 is 0.824 bits per heavy atom. The van der Waals surface area contributed by atoms with Crippen LogP contribution in [-0.4, -0.2) is 0 Å². The summed E-state index contributed by atoms with van der Waals surface area (Å²) in [6.45, 7) is 20.5. The lowest BCUT2D eigenvalue weighted by molar-refractivity contribution is 0.344. The molecule has 0 aliphatic carbocycles. The summed E-state index contributed by atoms with van der Waals surface area (Å²) in [6.07, 6.45) is 1.37. The first-order valence-corrected chi connectivity index (χ1v) is 6.68. The van der Waals surface area contributed by atoms with Crippen molar-refractivity contribution in [2.24, 2.45) is 29.6 Å². The van der Waals surface area contributed by atoms with Gasteiger partial charge in [-0.1, -0.05) is 77.2 Å². The van der Waals surface area contributed by atoms with Gasteiger partial charge in [-0.3, -0.25) is 0 Å². The average Bonchev–Trinajstić information content (AvgIpc) is 2.03. The fraction of sp³-hybridized carbons (Fsp3) is 1.00.